The highest BCUT2D eigenvalue weighted by Crippen LogP contribution is 2.14. The Morgan fingerprint density at radius 1 is 1.20 bits per heavy atom. The number of halogens is 1. The highest BCUT2D eigenvalue weighted by molar-refractivity contribution is 9.10. The molecule has 0 bridgehead atoms. The van der Waals surface area contributed by atoms with Gasteiger partial charge in [0, 0.05) is 17.1 Å². The number of amides is 1. The Bertz CT molecular complexity index is 626. The summed E-state index contributed by atoms with van der Waals surface area (Å²) in [6.45, 7) is 4.18. The van der Waals surface area contributed by atoms with E-state index in [-0.39, 0.29) is 5.91 Å². The molecule has 0 unspecified atom stereocenters. The van der Waals surface area contributed by atoms with E-state index >= 15 is 0 Å². The standard InChI is InChI=1S/C16H17BrN2O/c1-11-3-4-13(9-12(11)2)5-6-16(20)19-15-10-14(17)7-8-18-15/h3-4,7-10H,5-6H2,1-2H3,(H,18,19,20). The van der Waals surface area contributed by atoms with Gasteiger partial charge in [-0.05, 0) is 49.1 Å². The van der Waals surface area contributed by atoms with Crippen molar-refractivity contribution in [2.24, 2.45) is 0 Å². The summed E-state index contributed by atoms with van der Waals surface area (Å²) >= 11 is 3.35. The summed E-state index contributed by atoms with van der Waals surface area (Å²) in [5.41, 5.74) is 3.72. The molecule has 0 saturated heterocycles. The number of anilines is 1. The number of aromatic nitrogens is 1. The third-order valence-corrected chi connectivity index (χ3v) is 3.69. The topological polar surface area (TPSA) is 42.0 Å². The van der Waals surface area contributed by atoms with E-state index in [1.807, 2.05) is 6.07 Å². The molecule has 0 aliphatic heterocycles. The van der Waals surface area contributed by atoms with Gasteiger partial charge >= 0.3 is 0 Å². The molecule has 1 heterocycles. The molecule has 3 nitrogen and oxygen atoms in total. The van der Waals surface area contributed by atoms with Gasteiger partial charge in [0.1, 0.15) is 5.82 Å². The molecule has 0 fully saturated rings. The molecular formula is C16H17BrN2O. The molecular weight excluding hydrogens is 316 g/mol. The number of aryl methyl sites for hydroxylation is 3. The molecule has 2 aromatic rings. The summed E-state index contributed by atoms with van der Waals surface area (Å²) in [6.07, 6.45) is 2.85. The predicted molar refractivity (Wildman–Crippen MR) is 84.8 cm³/mol. The number of pyridine rings is 1. The van der Waals surface area contributed by atoms with Crippen LogP contribution in [0.4, 0.5) is 5.82 Å². The van der Waals surface area contributed by atoms with Crippen LogP contribution < -0.4 is 5.32 Å². The van der Waals surface area contributed by atoms with E-state index in [9.17, 15) is 4.79 Å². The Morgan fingerprint density at radius 2 is 2.00 bits per heavy atom. The lowest BCUT2D eigenvalue weighted by Crippen LogP contribution is -2.13. The fourth-order valence-electron chi connectivity index (χ4n) is 1.90. The number of hydrogen-bond donors (Lipinski definition) is 1. The number of nitrogens with one attached hydrogen (secondary N) is 1. The van der Waals surface area contributed by atoms with Gasteiger partial charge in [0.15, 0.2) is 0 Å². The lowest BCUT2D eigenvalue weighted by molar-refractivity contribution is -0.116. The van der Waals surface area contributed by atoms with Crippen molar-refractivity contribution in [3.05, 3.63) is 57.7 Å². The zero-order chi connectivity index (χ0) is 14.5. The average Bonchev–Trinajstić information content (AvgIpc) is 2.40. The molecule has 0 saturated carbocycles. The molecule has 0 radical (unpaired) electrons. The second kappa shape index (κ2) is 6.66. The fourth-order valence-corrected chi connectivity index (χ4v) is 2.23. The first-order valence-corrected chi connectivity index (χ1v) is 7.31. The number of hydrogen-bond acceptors (Lipinski definition) is 2. The van der Waals surface area contributed by atoms with Crippen molar-refractivity contribution in [1.82, 2.24) is 4.98 Å². The Labute approximate surface area is 127 Å². The first kappa shape index (κ1) is 14.7. The molecule has 20 heavy (non-hydrogen) atoms. The number of rotatable bonds is 4. The van der Waals surface area contributed by atoms with Crippen LogP contribution in [0.3, 0.4) is 0 Å². The maximum atomic E-state index is 11.9. The van der Waals surface area contributed by atoms with Crippen LogP contribution in [0, 0.1) is 13.8 Å². The van der Waals surface area contributed by atoms with Gasteiger partial charge in [0.05, 0.1) is 0 Å². The molecule has 104 valence electrons. The summed E-state index contributed by atoms with van der Waals surface area (Å²) in [5, 5.41) is 2.80. The van der Waals surface area contributed by atoms with Crippen molar-refractivity contribution in [2.75, 3.05) is 5.32 Å². The number of carbonyl (C=O) groups excluding carboxylic acids is 1. The van der Waals surface area contributed by atoms with E-state index in [4.69, 9.17) is 0 Å². The van der Waals surface area contributed by atoms with Crippen molar-refractivity contribution >= 4 is 27.7 Å². The second-order valence-electron chi connectivity index (χ2n) is 4.83. The first-order valence-electron chi connectivity index (χ1n) is 6.52. The highest BCUT2D eigenvalue weighted by atomic mass is 79.9. The first-order chi connectivity index (χ1) is 9.54. The molecule has 1 aromatic heterocycles. The lowest BCUT2D eigenvalue weighted by atomic mass is 10.0. The SMILES string of the molecule is Cc1ccc(CCC(=O)Nc2cc(Br)ccn2)cc1C. The van der Waals surface area contributed by atoms with E-state index in [0.29, 0.717) is 12.2 Å². The summed E-state index contributed by atoms with van der Waals surface area (Å²) in [5.74, 6) is 0.554. The largest absolute Gasteiger partial charge is 0.311 e. The molecule has 0 spiro atoms. The van der Waals surface area contributed by atoms with Crippen molar-refractivity contribution in [1.29, 1.82) is 0 Å². The zero-order valence-corrected chi connectivity index (χ0v) is 13.2. The van der Waals surface area contributed by atoms with Crippen molar-refractivity contribution in [3.63, 3.8) is 0 Å². The third kappa shape index (κ3) is 4.17. The van der Waals surface area contributed by atoms with Gasteiger partial charge < -0.3 is 5.32 Å². The normalized spacial score (nSPS) is 10.3. The van der Waals surface area contributed by atoms with Gasteiger partial charge in [-0.25, -0.2) is 4.98 Å². The van der Waals surface area contributed by atoms with E-state index in [0.717, 1.165) is 10.9 Å². The smallest absolute Gasteiger partial charge is 0.225 e. The van der Waals surface area contributed by atoms with Crippen molar-refractivity contribution in [3.8, 4) is 0 Å². The predicted octanol–water partition coefficient (Wildman–Crippen LogP) is 4.03. The highest BCUT2D eigenvalue weighted by Gasteiger charge is 2.05. The van der Waals surface area contributed by atoms with Crippen LogP contribution in [-0.4, -0.2) is 10.9 Å². The minimum Gasteiger partial charge on any atom is -0.311 e. The van der Waals surface area contributed by atoms with Crippen LogP contribution in [-0.2, 0) is 11.2 Å². The van der Waals surface area contributed by atoms with E-state index in [2.05, 4.69) is 58.3 Å². The van der Waals surface area contributed by atoms with Crippen LogP contribution in [0.1, 0.15) is 23.1 Å². The number of nitrogens with zero attached hydrogens (tertiary/aromatic N) is 1. The van der Waals surface area contributed by atoms with Crippen molar-refractivity contribution in [2.45, 2.75) is 26.7 Å². The molecule has 2 rings (SSSR count). The third-order valence-electron chi connectivity index (χ3n) is 3.20. The van der Waals surface area contributed by atoms with Crippen LogP contribution in [0.5, 0.6) is 0 Å². The van der Waals surface area contributed by atoms with Gasteiger partial charge in [0.2, 0.25) is 5.91 Å². The van der Waals surface area contributed by atoms with E-state index in [1.54, 1.807) is 12.3 Å². The zero-order valence-electron chi connectivity index (χ0n) is 11.6. The molecule has 1 N–H and O–H groups in total. The van der Waals surface area contributed by atoms with Gasteiger partial charge in [-0.1, -0.05) is 34.1 Å². The summed E-state index contributed by atoms with van der Waals surface area (Å²) in [7, 11) is 0. The van der Waals surface area contributed by atoms with Crippen LogP contribution in [0.15, 0.2) is 41.0 Å². The molecule has 0 aliphatic carbocycles. The fraction of sp³-hybridized carbons (Fsp3) is 0.250. The van der Waals surface area contributed by atoms with Crippen LogP contribution in [0.25, 0.3) is 0 Å². The Hall–Kier alpha value is -1.68. The average molecular weight is 333 g/mol. The minimum atomic E-state index is -0.0196. The number of carbonyl (C=O) groups is 1. The van der Waals surface area contributed by atoms with Crippen LogP contribution in [0.2, 0.25) is 0 Å². The molecule has 1 aromatic carbocycles. The summed E-state index contributed by atoms with van der Waals surface area (Å²) in [4.78, 5) is 16.0. The second-order valence-corrected chi connectivity index (χ2v) is 5.74. The maximum absolute atomic E-state index is 11.9. The lowest BCUT2D eigenvalue weighted by Gasteiger charge is -2.06. The monoisotopic (exact) mass is 332 g/mol. The Morgan fingerprint density at radius 3 is 2.70 bits per heavy atom. The van der Waals surface area contributed by atoms with Crippen molar-refractivity contribution < 1.29 is 4.79 Å². The summed E-state index contributed by atoms with van der Waals surface area (Å²) < 4.78 is 0.900. The van der Waals surface area contributed by atoms with Crippen LogP contribution >= 0.6 is 15.9 Å². The molecule has 4 heteroatoms. The molecule has 0 atom stereocenters. The summed E-state index contributed by atoms with van der Waals surface area (Å²) in [6, 6.07) is 9.92. The van der Waals surface area contributed by atoms with E-state index in [1.165, 1.54) is 16.7 Å². The van der Waals surface area contributed by atoms with Gasteiger partial charge in [0.25, 0.3) is 0 Å². The minimum absolute atomic E-state index is 0.0196. The maximum Gasteiger partial charge on any atom is 0.225 e. The molecule has 0 aliphatic rings. The van der Waals surface area contributed by atoms with Gasteiger partial charge in [-0.2, -0.15) is 0 Å². The number of benzene rings is 1. The van der Waals surface area contributed by atoms with E-state index < -0.39 is 0 Å². The van der Waals surface area contributed by atoms with Gasteiger partial charge in [-0.3, -0.25) is 4.79 Å². The van der Waals surface area contributed by atoms with Gasteiger partial charge in [-0.15, -0.1) is 0 Å². The Balaban J connectivity index is 1.90. The molecule has 1 amide bonds. The Kier molecular flexibility index (Phi) is 4.90. The quantitative estimate of drug-likeness (QED) is 0.918.